The molecule has 120 valence electrons. The molecule has 0 aliphatic carbocycles. The first kappa shape index (κ1) is 15.4. The maximum Gasteiger partial charge on any atom is 0.191 e. The van der Waals surface area contributed by atoms with Crippen LogP contribution >= 0.6 is 0 Å². The Hall–Kier alpha value is -2.49. The van der Waals surface area contributed by atoms with Gasteiger partial charge in [-0.1, -0.05) is 42.5 Å². The smallest absolute Gasteiger partial charge is 0.191 e. The number of rotatable bonds is 5. The Morgan fingerprint density at radius 2 is 1.83 bits per heavy atom. The van der Waals surface area contributed by atoms with Crippen molar-refractivity contribution < 1.29 is 5.11 Å². The van der Waals surface area contributed by atoms with Crippen LogP contribution in [0.15, 0.2) is 59.6 Å². The van der Waals surface area contributed by atoms with Gasteiger partial charge in [0.1, 0.15) is 5.75 Å². The van der Waals surface area contributed by atoms with Crippen LogP contribution in [0, 0.1) is 5.92 Å². The fraction of sp³-hybridized carbons (Fsp3) is 0.316. The average Bonchev–Trinajstić information content (AvgIpc) is 2.59. The van der Waals surface area contributed by atoms with Crippen molar-refractivity contribution in [2.45, 2.75) is 12.8 Å². The highest BCUT2D eigenvalue weighted by Crippen LogP contribution is 2.11. The summed E-state index contributed by atoms with van der Waals surface area (Å²) in [4.78, 5) is 4.61. The Bertz CT molecular complexity index is 637. The zero-order chi connectivity index (χ0) is 15.9. The van der Waals surface area contributed by atoms with Crippen LogP contribution in [0.1, 0.15) is 11.1 Å². The van der Waals surface area contributed by atoms with Gasteiger partial charge in [-0.2, -0.15) is 0 Å². The summed E-state index contributed by atoms with van der Waals surface area (Å²) in [6, 6.07) is 17.9. The second kappa shape index (κ2) is 7.68. The van der Waals surface area contributed by atoms with Crippen LogP contribution in [0.2, 0.25) is 0 Å². The van der Waals surface area contributed by atoms with E-state index < -0.39 is 0 Å². The van der Waals surface area contributed by atoms with Gasteiger partial charge in [-0.3, -0.25) is 4.99 Å². The van der Waals surface area contributed by atoms with E-state index in [-0.39, 0.29) is 0 Å². The maximum atomic E-state index is 9.27. The summed E-state index contributed by atoms with van der Waals surface area (Å²) in [5.74, 6) is 1.76. The normalized spacial score (nSPS) is 17.2. The van der Waals surface area contributed by atoms with Gasteiger partial charge in [-0.25, -0.2) is 0 Å². The van der Waals surface area contributed by atoms with E-state index in [4.69, 9.17) is 0 Å². The van der Waals surface area contributed by atoms with E-state index in [0.29, 0.717) is 11.7 Å². The molecule has 2 aromatic carbocycles. The molecule has 0 fully saturated rings. The van der Waals surface area contributed by atoms with Gasteiger partial charge in [0.2, 0.25) is 0 Å². The Kier molecular flexibility index (Phi) is 5.14. The molecular weight excluding hydrogens is 286 g/mol. The van der Waals surface area contributed by atoms with Crippen molar-refractivity contribution in [3.8, 4) is 5.75 Å². The van der Waals surface area contributed by atoms with Gasteiger partial charge in [0.15, 0.2) is 5.96 Å². The average molecular weight is 309 g/mol. The summed E-state index contributed by atoms with van der Waals surface area (Å²) < 4.78 is 0. The van der Waals surface area contributed by atoms with Crippen LogP contribution in [0.3, 0.4) is 0 Å². The number of hydrogen-bond donors (Lipinski definition) is 3. The van der Waals surface area contributed by atoms with E-state index in [1.807, 2.05) is 12.1 Å². The molecule has 0 saturated heterocycles. The van der Waals surface area contributed by atoms with E-state index in [9.17, 15) is 5.11 Å². The van der Waals surface area contributed by atoms with Gasteiger partial charge >= 0.3 is 0 Å². The van der Waals surface area contributed by atoms with Crippen LogP contribution in [0.25, 0.3) is 0 Å². The van der Waals surface area contributed by atoms with Crippen LogP contribution in [-0.4, -0.2) is 30.7 Å². The van der Waals surface area contributed by atoms with Crippen LogP contribution in [0.5, 0.6) is 5.75 Å². The second-order valence-corrected chi connectivity index (χ2v) is 5.97. The molecule has 4 heteroatoms. The number of aromatic hydroxyl groups is 1. The molecule has 2 aromatic rings. The minimum Gasteiger partial charge on any atom is -0.508 e. The first-order valence-electron chi connectivity index (χ1n) is 8.13. The lowest BCUT2D eigenvalue weighted by molar-refractivity contribution is 0.475. The number of phenols is 1. The standard InChI is InChI=1S/C19H23N3O/c23-18-8-6-15(7-9-18)10-11-20-19-21-13-17(14-22-19)12-16-4-2-1-3-5-16/h1-9,17,23H,10-14H2,(H2,20,21,22). The minimum atomic E-state index is 0.310. The Balaban J connectivity index is 1.41. The maximum absolute atomic E-state index is 9.27. The van der Waals surface area contributed by atoms with Crippen molar-refractivity contribution in [1.82, 2.24) is 10.6 Å². The van der Waals surface area contributed by atoms with Crippen molar-refractivity contribution in [2.24, 2.45) is 10.9 Å². The predicted octanol–water partition coefficient (Wildman–Crippen LogP) is 2.34. The molecule has 1 atom stereocenters. The quantitative estimate of drug-likeness (QED) is 0.794. The van der Waals surface area contributed by atoms with Crippen LogP contribution in [0.4, 0.5) is 0 Å². The Morgan fingerprint density at radius 3 is 2.52 bits per heavy atom. The summed E-state index contributed by atoms with van der Waals surface area (Å²) in [6.07, 6.45) is 1.98. The fourth-order valence-electron chi connectivity index (χ4n) is 2.77. The lowest BCUT2D eigenvalue weighted by Crippen LogP contribution is -2.45. The van der Waals surface area contributed by atoms with Crippen molar-refractivity contribution in [2.75, 3.05) is 19.6 Å². The number of hydrogen-bond acceptors (Lipinski definition) is 4. The molecule has 0 saturated carbocycles. The third-order valence-electron chi connectivity index (χ3n) is 4.08. The molecule has 1 aliphatic rings. The molecule has 0 radical (unpaired) electrons. The van der Waals surface area contributed by atoms with E-state index in [2.05, 4.69) is 46.0 Å². The van der Waals surface area contributed by atoms with Gasteiger partial charge in [0.05, 0.1) is 0 Å². The van der Waals surface area contributed by atoms with E-state index in [1.54, 1.807) is 12.1 Å². The summed E-state index contributed by atoms with van der Waals surface area (Å²) in [6.45, 7) is 2.66. The van der Waals surface area contributed by atoms with E-state index in [1.165, 1.54) is 11.1 Å². The van der Waals surface area contributed by atoms with Crippen molar-refractivity contribution in [3.05, 3.63) is 65.7 Å². The lowest BCUT2D eigenvalue weighted by atomic mass is 9.99. The molecule has 1 heterocycles. The fourth-order valence-corrected chi connectivity index (χ4v) is 2.77. The van der Waals surface area contributed by atoms with Crippen molar-refractivity contribution in [1.29, 1.82) is 0 Å². The third kappa shape index (κ3) is 4.74. The molecule has 1 aliphatic heterocycles. The molecular formula is C19H23N3O. The number of nitrogens with zero attached hydrogens (tertiary/aromatic N) is 1. The highest BCUT2D eigenvalue weighted by molar-refractivity contribution is 5.80. The SMILES string of the molecule is Oc1ccc(CCNC2=NCC(Cc3ccccc3)CN2)cc1. The van der Waals surface area contributed by atoms with Crippen LogP contribution in [-0.2, 0) is 12.8 Å². The topological polar surface area (TPSA) is 56.6 Å². The molecule has 3 rings (SSSR count). The van der Waals surface area contributed by atoms with Gasteiger partial charge in [0.25, 0.3) is 0 Å². The third-order valence-corrected chi connectivity index (χ3v) is 4.08. The molecule has 0 amide bonds. The first-order valence-corrected chi connectivity index (χ1v) is 8.13. The molecule has 23 heavy (non-hydrogen) atoms. The summed E-state index contributed by atoms with van der Waals surface area (Å²) in [5, 5.41) is 16.0. The van der Waals surface area contributed by atoms with Crippen molar-refractivity contribution in [3.63, 3.8) is 0 Å². The summed E-state index contributed by atoms with van der Waals surface area (Å²) >= 11 is 0. The largest absolute Gasteiger partial charge is 0.508 e. The Morgan fingerprint density at radius 1 is 1.04 bits per heavy atom. The number of aliphatic imine (C=N–C) groups is 1. The molecule has 1 unspecified atom stereocenters. The number of phenolic OH excluding ortho intramolecular Hbond substituents is 1. The monoisotopic (exact) mass is 309 g/mol. The highest BCUT2D eigenvalue weighted by atomic mass is 16.3. The molecule has 0 bridgehead atoms. The first-order chi connectivity index (χ1) is 11.3. The van der Waals surface area contributed by atoms with Crippen LogP contribution < -0.4 is 10.6 Å². The van der Waals surface area contributed by atoms with Gasteiger partial charge in [-0.15, -0.1) is 0 Å². The van der Waals surface area contributed by atoms with E-state index in [0.717, 1.165) is 38.4 Å². The van der Waals surface area contributed by atoms with E-state index >= 15 is 0 Å². The van der Waals surface area contributed by atoms with Gasteiger partial charge in [-0.05, 0) is 42.0 Å². The lowest BCUT2D eigenvalue weighted by Gasteiger charge is -2.23. The highest BCUT2D eigenvalue weighted by Gasteiger charge is 2.15. The second-order valence-electron chi connectivity index (χ2n) is 5.97. The minimum absolute atomic E-state index is 0.310. The summed E-state index contributed by atoms with van der Waals surface area (Å²) in [5.41, 5.74) is 2.58. The number of benzene rings is 2. The zero-order valence-electron chi connectivity index (χ0n) is 13.2. The molecule has 0 spiro atoms. The zero-order valence-corrected chi connectivity index (χ0v) is 13.2. The number of nitrogens with one attached hydrogen (secondary N) is 2. The molecule has 4 nitrogen and oxygen atoms in total. The number of guanidine groups is 1. The summed E-state index contributed by atoms with van der Waals surface area (Å²) in [7, 11) is 0. The van der Waals surface area contributed by atoms with Gasteiger partial charge in [0, 0.05) is 19.6 Å². The van der Waals surface area contributed by atoms with Gasteiger partial charge < -0.3 is 15.7 Å². The molecule has 0 aromatic heterocycles. The molecule has 3 N–H and O–H groups in total. The van der Waals surface area contributed by atoms with Crippen molar-refractivity contribution >= 4 is 5.96 Å². The predicted molar refractivity (Wildman–Crippen MR) is 93.8 cm³/mol. The Labute approximate surface area is 137 Å².